The van der Waals surface area contributed by atoms with Gasteiger partial charge >= 0.3 is 0 Å². The Morgan fingerprint density at radius 1 is 1.19 bits per heavy atom. The third-order valence-corrected chi connectivity index (χ3v) is 4.46. The maximum absolute atomic E-state index is 3.59. The van der Waals surface area contributed by atoms with Gasteiger partial charge in [-0.15, -0.1) is 0 Å². The normalized spacial score (nSPS) is 32.6. The van der Waals surface area contributed by atoms with Gasteiger partial charge in [0.15, 0.2) is 0 Å². The fourth-order valence-corrected chi connectivity index (χ4v) is 2.90. The van der Waals surface area contributed by atoms with Gasteiger partial charge in [-0.25, -0.2) is 0 Å². The number of hydrogen-bond donors (Lipinski definition) is 1. The van der Waals surface area contributed by atoms with Gasteiger partial charge in [0.05, 0.1) is 0 Å². The molecule has 1 nitrogen and oxygen atoms in total. The van der Waals surface area contributed by atoms with Gasteiger partial charge in [0.1, 0.15) is 0 Å². The summed E-state index contributed by atoms with van der Waals surface area (Å²) in [5.74, 6) is 2.93. The second-order valence-electron chi connectivity index (χ2n) is 6.07. The second kappa shape index (κ2) is 7.32. The highest BCUT2D eigenvalue weighted by Gasteiger charge is 2.24. The summed E-state index contributed by atoms with van der Waals surface area (Å²) in [4.78, 5) is 0. The first-order chi connectivity index (χ1) is 7.63. The van der Waals surface area contributed by atoms with Crippen LogP contribution in [0.1, 0.15) is 66.2 Å². The van der Waals surface area contributed by atoms with E-state index in [2.05, 4.69) is 33.0 Å². The maximum Gasteiger partial charge on any atom is 0.00388 e. The molecule has 0 spiro atoms. The van der Waals surface area contributed by atoms with E-state index in [1.807, 2.05) is 0 Å². The molecule has 1 heteroatoms. The molecular formula is C15H31N. The lowest BCUT2D eigenvalue weighted by Crippen LogP contribution is -2.28. The molecule has 0 radical (unpaired) electrons. The summed E-state index contributed by atoms with van der Waals surface area (Å²) in [7, 11) is 0. The Kier molecular flexibility index (Phi) is 6.41. The van der Waals surface area contributed by atoms with E-state index >= 15 is 0 Å². The molecule has 0 saturated heterocycles. The Bertz CT molecular complexity index is 178. The van der Waals surface area contributed by atoms with Crippen LogP contribution in [0.5, 0.6) is 0 Å². The van der Waals surface area contributed by atoms with Crippen molar-refractivity contribution >= 4 is 0 Å². The van der Waals surface area contributed by atoms with Gasteiger partial charge in [-0.05, 0) is 56.9 Å². The summed E-state index contributed by atoms with van der Waals surface area (Å²) in [5, 5.41) is 3.59. The van der Waals surface area contributed by atoms with Gasteiger partial charge in [0.25, 0.3) is 0 Å². The van der Waals surface area contributed by atoms with Crippen LogP contribution in [0.2, 0.25) is 0 Å². The highest BCUT2D eigenvalue weighted by atomic mass is 14.9. The monoisotopic (exact) mass is 225 g/mol. The van der Waals surface area contributed by atoms with Crippen molar-refractivity contribution in [2.24, 2.45) is 17.8 Å². The first-order valence-corrected chi connectivity index (χ1v) is 7.36. The van der Waals surface area contributed by atoms with Gasteiger partial charge in [0.2, 0.25) is 0 Å². The molecule has 1 aliphatic rings. The van der Waals surface area contributed by atoms with E-state index in [1.54, 1.807) is 0 Å². The largest absolute Gasteiger partial charge is 0.314 e. The van der Waals surface area contributed by atoms with Crippen molar-refractivity contribution in [3.63, 3.8) is 0 Å². The summed E-state index contributed by atoms with van der Waals surface area (Å²) in [5.41, 5.74) is 0. The molecule has 1 aliphatic carbocycles. The second-order valence-corrected chi connectivity index (χ2v) is 6.07. The van der Waals surface area contributed by atoms with Gasteiger partial charge in [-0.1, -0.05) is 33.6 Å². The summed E-state index contributed by atoms with van der Waals surface area (Å²) in [6.07, 6.45) is 8.47. The topological polar surface area (TPSA) is 12.0 Å². The van der Waals surface area contributed by atoms with Crippen LogP contribution in [0.3, 0.4) is 0 Å². The summed E-state index contributed by atoms with van der Waals surface area (Å²) in [6.45, 7) is 10.6. The fourth-order valence-electron chi connectivity index (χ4n) is 2.90. The van der Waals surface area contributed by atoms with Crippen molar-refractivity contribution in [1.82, 2.24) is 5.32 Å². The van der Waals surface area contributed by atoms with Crippen LogP contribution in [-0.2, 0) is 0 Å². The van der Waals surface area contributed by atoms with Crippen LogP contribution in [0.25, 0.3) is 0 Å². The summed E-state index contributed by atoms with van der Waals surface area (Å²) < 4.78 is 0. The number of nitrogens with one attached hydrogen (secondary N) is 1. The zero-order valence-electron chi connectivity index (χ0n) is 11.8. The molecule has 0 aromatic carbocycles. The molecule has 1 N–H and O–H groups in total. The molecular weight excluding hydrogens is 194 g/mol. The lowest BCUT2D eigenvalue weighted by molar-refractivity contribution is 0.195. The van der Waals surface area contributed by atoms with Crippen molar-refractivity contribution in [1.29, 1.82) is 0 Å². The van der Waals surface area contributed by atoms with Crippen molar-refractivity contribution in [2.75, 3.05) is 6.54 Å². The SMILES string of the molecule is CCCNC(C)CCC1CCC(C)C(C)C1. The van der Waals surface area contributed by atoms with E-state index in [0.29, 0.717) is 0 Å². The van der Waals surface area contributed by atoms with Gasteiger partial charge in [-0.3, -0.25) is 0 Å². The van der Waals surface area contributed by atoms with Gasteiger partial charge in [-0.2, -0.15) is 0 Å². The highest BCUT2D eigenvalue weighted by molar-refractivity contribution is 4.76. The molecule has 4 atom stereocenters. The zero-order valence-corrected chi connectivity index (χ0v) is 11.8. The first-order valence-electron chi connectivity index (χ1n) is 7.36. The molecule has 0 aromatic rings. The number of hydrogen-bond acceptors (Lipinski definition) is 1. The quantitative estimate of drug-likeness (QED) is 0.713. The van der Waals surface area contributed by atoms with E-state index in [-0.39, 0.29) is 0 Å². The Morgan fingerprint density at radius 3 is 2.56 bits per heavy atom. The predicted octanol–water partition coefficient (Wildman–Crippen LogP) is 4.23. The Balaban J connectivity index is 2.13. The fraction of sp³-hybridized carbons (Fsp3) is 1.00. The van der Waals surface area contributed by atoms with E-state index in [0.717, 1.165) is 23.8 Å². The lowest BCUT2D eigenvalue weighted by atomic mass is 9.74. The summed E-state index contributed by atoms with van der Waals surface area (Å²) in [6, 6.07) is 0.717. The average Bonchev–Trinajstić information content (AvgIpc) is 2.28. The van der Waals surface area contributed by atoms with Crippen LogP contribution in [0, 0.1) is 17.8 Å². The molecule has 1 fully saturated rings. The first kappa shape index (κ1) is 14.0. The predicted molar refractivity (Wildman–Crippen MR) is 72.7 cm³/mol. The maximum atomic E-state index is 3.59. The van der Waals surface area contributed by atoms with E-state index in [1.165, 1.54) is 45.1 Å². The minimum absolute atomic E-state index is 0.717. The molecule has 4 unspecified atom stereocenters. The van der Waals surface area contributed by atoms with Crippen molar-refractivity contribution in [2.45, 2.75) is 72.3 Å². The average molecular weight is 225 g/mol. The Morgan fingerprint density at radius 2 is 1.94 bits per heavy atom. The smallest absolute Gasteiger partial charge is 0.00388 e. The molecule has 0 heterocycles. The van der Waals surface area contributed by atoms with Gasteiger partial charge < -0.3 is 5.32 Å². The minimum atomic E-state index is 0.717. The Labute approximate surface area is 102 Å². The van der Waals surface area contributed by atoms with Gasteiger partial charge in [0, 0.05) is 6.04 Å². The molecule has 0 bridgehead atoms. The van der Waals surface area contributed by atoms with E-state index < -0.39 is 0 Å². The van der Waals surface area contributed by atoms with Crippen molar-refractivity contribution < 1.29 is 0 Å². The lowest BCUT2D eigenvalue weighted by Gasteiger charge is -2.32. The molecule has 0 aromatic heterocycles. The Hall–Kier alpha value is -0.0400. The molecule has 0 aliphatic heterocycles. The third kappa shape index (κ3) is 4.86. The molecule has 1 saturated carbocycles. The van der Waals surface area contributed by atoms with Crippen LogP contribution < -0.4 is 5.32 Å². The standard InChI is InChI=1S/C15H31N/c1-5-10-16-14(4)7-9-15-8-6-12(2)13(3)11-15/h12-16H,5-11H2,1-4H3. The highest BCUT2D eigenvalue weighted by Crippen LogP contribution is 2.35. The molecule has 16 heavy (non-hydrogen) atoms. The molecule has 0 amide bonds. The van der Waals surface area contributed by atoms with Crippen LogP contribution in [0.15, 0.2) is 0 Å². The molecule has 1 rings (SSSR count). The van der Waals surface area contributed by atoms with Crippen LogP contribution in [0.4, 0.5) is 0 Å². The molecule has 96 valence electrons. The van der Waals surface area contributed by atoms with Crippen molar-refractivity contribution in [3.8, 4) is 0 Å². The van der Waals surface area contributed by atoms with Crippen LogP contribution in [-0.4, -0.2) is 12.6 Å². The van der Waals surface area contributed by atoms with Crippen molar-refractivity contribution in [3.05, 3.63) is 0 Å². The van der Waals surface area contributed by atoms with Crippen LogP contribution >= 0.6 is 0 Å². The number of rotatable bonds is 6. The zero-order chi connectivity index (χ0) is 12.0. The van der Waals surface area contributed by atoms with E-state index in [4.69, 9.17) is 0 Å². The van der Waals surface area contributed by atoms with E-state index in [9.17, 15) is 0 Å². The third-order valence-electron chi connectivity index (χ3n) is 4.46. The summed E-state index contributed by atoms with van der Waals surface area (Å²) >= 11 is 0. The minimum Gasteiger partial charge on any atom is -0.314 e.